The van der Waals surface area contributed by atoms with Gasteiger partial charge in [-0.25, -0.2) is 0 Å². The van der Waals surface area contributed by atoms with Crippen LogP contribution in [0.15, 0.2) is 24.3 Å². The van der Waals surface area contributed by atoms with Gasteiger partial charge in [-0.3, -0.25) is 14.9 Å². The molecule has 1 aromatic heterocycles. The van der Waals surface area contributed by atoms with Crippen molar-refractivity contribution in [3.05, 3.63) is 29.8 Å². The van der Waals surface area contributed by atoms with Gasteiger partial charge in [0.2, 0.25) is 16.9 Å². The Morgan fingerprint density at radius 3 is 2.63 bits per heavy atom. The Morgan fingerprint density at radius 2 is 1.96 bits per heavy atom. The molecule has 0 bridgehead atoms. The van der Waals surface area contributed by atoms with Crippen LogP contribution in [0.2, 0.25) is 0 Å². The summed E-state index contributed by atoms with van der Waals surface area (Å²) in [5.74, 6) is -0.401. The van der Waals surface area contributed by atoms with E-state index in [2.05, 4.69) is 27.8 Å². The van der Waals surface area contributed by atoms with Crippen LogP contribution < -0.4 is 10.6 Å². The van der Waals surface area contributed by atoms with Crippen LogP contribution in [0.1, 0.15) is 52.0 Å². The van der Waals surface area contributed by atoms with Crippen molar-refractivity contribution in [2.75, 3.05) is 5.32 Å². The minimum absolute atomic E-state index is 0.0466. The van der Waals surface area contributed by atoms with E-state index >= 15 is 0 Å². The zero-order chi connectivity index (χ0) is 19.8. The number of nitrogens with one attached hydrogen (secondary N) is 2. The van der Waals surface area contributed by atoms with Gasteiger partial charge in [-0.1, -0.05) is 61.8 Å². The average Bonchev–Trinajstić information content (AvgIpc) is 3.10. The third-order valence-corrected chi connectivity index (χ3v) is 5.33. The van der Waals surface area contributed by atoms with Crippen molar-refractivity contribution < 1.29 is 9.59 Å². The van der Waals surface area contributed by atoms with Gasteiger partial charge in [-0.05, 0) is 32.8 Å². The van der Waals surface area contributed by atoms with Crippen LogP contribution in [-0.2, 0) is 9.59 Å². The fourth-order valence-electron chi connectivity index (χ4n) is 2.75. The van der Waals surface area contributed by atoms with E-state index in [9.17, 15) is 9.59 Å². The topological polar surface area (TPSA) is 84.0 Å². The second kappa shape index (κ2) is 10.2. The molecule has 2 aromatic rings. The van der Waals surface area contributed by atoms with E-state index in [0.29, 0.717) is 5.13 Å². The molecule has 1 aromatic carbocycles. The molecule has 0 aliphatic heterocycles. The number of carbonyl (C=O) groups excluding carboxylic acids is 2. The lowest BCUT2D eigenvalue weighted by Crippen LogP contribution is -2.44. The van der Waals surface area contributed by atoms with Crippen molar-refractivity contribution in [2.24, 2.45) is 5.92 Å². The number of hydrogen-bond donors (Lipinski definition) is 2. The highest BCUT2D eigenvalue weighted by Gasteiger charge is 2.22. The molecule has 0 aliphatic rings. The molecule has 0 saturated carbocycles. The number of anilines is 1. The maximum absolute atomic E-state index is 12.4. The van der Waals surface area contributed by atoms with E-state index in [4.69, 9.17) is 0 Å². The molecule has 0 aliphatic carbocycles. The summed E-state index contributed by atoms with van der Waals surface area (Å²) in [6, 6.07) is 7.34. The quantitative estimate of drug-likeness (QED) is 0.675. The van der Waals surface area contributed by atoms with Crippen LogP contribution in [0.25, 0.3) is 10.6 Å². The summed E-state index contributed by atoms with van der Waals surface area (Å²) in [7, 11) is 0. The normalized spacial score (nSPS) is 13.0. The standard InChI is InChI=1S/C20H28N4O2S/c1-5-7-10-15(6-2)18(26)21-14(4)17(25)22-20-24-23-19(27-20)16-11-8-9-13(3)12-16/h8-9,11-12,14-15H,5-7,10H2,1-4H3,(H,21,26)(H,22,24,25)/t14-,15+/m1/s1. The summed E-state index contributed by atoms with van der Waals surface area (Å²) in [4.78, 5) is 24.7. The number of benzene rings is 1. The number of aromatic nitrogens is 2. The molecule has 0 fully saturated rings. The first-order valence-electron chi connectivity index (χ1n) is 9.46. The van der Waals surface area contributed by atoms with Crippen LogP contribution in [0.4, 0.5) is 5.13 Å². The highest BCUT2D eigenvalue weighted by molar-refractivity contribution is 7.18. The molecule has 0 saturated heterocycles. The van der Waals surface area contributed by atoms with E-state index < -0.39 is 6.04 Å². The predicted molar refractivity (Wildman–Crippen MR) is 110 cm³/mol. The minimum Gasteiger partial charge on any atom is -0.344 e. The molecule has 0 spiro atoms. The first-order chi connectivity index (χ1) is 12.9. The highest BCUT2D eigenvalue weighted by atomic mass is 32.1. The van der Waals surface area contributed by atoms with Gasteiger partial charge in [0.25, 0.3) is 0 Å². The lowest BCUT2D eigenvalue weighted by atomic mass is 9.98. The largest absolute Gasteiger partial charge is 0.344 e. The molecule has 2 N–H and O–H groups in total. The molecule has 1 heterocycles. The average molecular weight is 389 g/mol. The number of hydrogen-bond acceptors (Lipinski definition) is 5. The Balaban J connectivity index is 1.93. The van der Waals surface area contributed by atoms with Crippen LogP contribution in [0.3, 0.4) is 0 Å². The van der Waals surface area contributed by atoms with Crippen molar-refractivity contribution in [3.63, 3.8) is 0 Å². The van der Waals surface area contributed by atoms with Gasteiger partial charge in [-0.2, -0.15) is 0 Å². The molecule has 6 nitrogen and oxygen atoms in total. The fraction of sp³-hybridized carbons (Fsp3) is 0.500. The molecule has 2 amide bonds. The van der Waals surface area contributed by atoms with Gasteiger partial charge in [-0.15, -0.1) is 10.2 Å². The lowest BCUT2D eigenvalue weighted by molar-refractivity contribution is -0.129. The monoisotopic (exact) mass is 388 g/mol. The Hall–Kier alpha value is -2.28. The number of amides is 2. The Kier molecular flexibility index (Phi) is 7.91. The first-order valence-corrected chi connectivity index (χ1v) is 10.3. The van der Waals surface area contributed by atoms with Gasteiger partial charge in [0.15, 0.2) is 0 Å². The van der Waals surface area contributed by atoms with Crippen LogP contribution in [0.5, 0.6) is 0 Å². The van der Waals surface area contributed by atoms with E-state index in [1.165, 1.54) is 11.3 Å². The fourth-order valence-corrected chi connectivity index (χ4v) is 3.49. The zero-order valence-electron chi connectivity index (χ0n) is 16.4. The third kappa shape index (κ3) is 6.13. The molecule has 0 unspecified atom stereocenters. The Labute approximate surface area is 164 Å². The smallest absolute Gasteiger partial charge is 0.248 e. The summed E-state index contributed by atoms with van der Waals surface area (Å²) in [5, 5.41) is 14.9. The van der Waals surface area contributed by atoms with Crippen molar-refractivity contribution >= 4 is 28.3 Å². The van der Waals surface area contributed by atoms with Crippen molar-refractivity contribution in [3.8, 4) is 10.6 Å². The van der Waals surface area contributed by atoms with Crippen molar-refractivity contribution in [1.82, 2.24) is 15.5 Å². The maximum atomic E-state index is 12.4. The number of nitrogens with zero attached hydrogens (tertiary/aromatic N) is 2. The Morgan fingerprint density at radius 1 is 1.19 bits per heavy atom. The van der Waals surface area contributed by atoms with Gasteiger partial charge < -0.3 is 5.32 Å². The molecular weight excluding hydrogens is 360 g/mol. The summed E-state index contributed by atoms with van der Waals surface area (Å²) in [5.41, 5.74) is 2.11. The minimum atomic E-state index is -0.625. The lowest BCUT2D eigenvalue weighted by Gasteiger charge is -2.18. The molecule has 2 rings (SSSR count). The van der Waals surface area contributed by atoms with Crippen molar-refractivity contribution in [1.29, 1.82) is 0 Å². The highest BCUT2D eigenvalue weighted by Crippen LogP contribution is 2.26. The van der Waals surface area contributed by atoms with Gasteiger partial charge in [0, 0.05) is 11.5 Å². The third-order valence-electron chi connectivity index (χ3n) is 4.44. The van der Waals surface area contributed by atoms with Crippen molar-refractivity contribution in [2.45, 2.75) is 59.4 Å². The summed E-state index contributed by atoms with van der Waals surface area (Å²) in [6.45, 7) is 7.80. The number of unbranched alkanes of at least 4 members (excludes halogenated alkanes) is 1. The number of carbonyl (C=O) groups is 2. The summed E-state index contributed by atoms with van der Waals surface area (Å²) >= 11 is 1.31. The number of rotatable bonds is 9. The molecule has 0 radical (unpaired) electrons. The second-order valence-corrected chi connectivity index (χ2v) is 7.73. The zero-order valence-corrected chi connectivity index (χ0v) is 17.2. The van der Waals surface area contributed by atoms with Gasteiger partial charge in [0.05, 0.1) is 0 Å². The molecule has 2 atom stereocenters. The first kappa shape index (κ1) is 21.0. The van der Waals surface area contributed by atoms with E-state index in [0.717, 1.165) is 41.8 Å². The summed E-state index contributed by atoms with van der Waals surface area (Å²) in [6.07, 6.45) is 3.69. The van der Waals surface area contributed by atoms with Crippen LogP contribution in [0, 0.1) is 12.8 Å². The van der Waals surface area contributed by atoms with E-state index in [1.54, 1.807) is 6.92 Å². The molecular formula is C20H28N4O2S. The van der Waals surface area contributed by atoms with E-state index in [-0.39, 0.29) is 17.7 Å². The van der Waals surface area contributed by atoms with Crippen LogP contribution >= 0.6 is 11.3 Å². The summed E-state index contributed by atoms with van der Waals surface area (Å²) < 4.78 is 0. The SMILES string of the molecule is CCCC[C@H](CC)C(=O)N[C@H](C)C(=O)Nc1nnc(-c2cccc(C)c2)s1. The maximum Gasteiger partial charge on any atom is 0.248 e. The molecule has 146 valence electrons. The molecule has 27 heavy (non-hydrogen) atoms. The predicted octanol–water partition coefficient (Wildman–Crippen LogP) is 4.17. The second-order valence-electron chi connectivity index (χ2n) is 6.75. The van der Waals surface area contributed by atoms with E-state index in [1.807, 2.05) is 38.1 Å². The Bertz CT molecular complexity index is 775. The van der Waals surface area contributed by atoms with Gasteiger partial charge >= 0.3 is 0 Å². The van der Waals surface area contributed by atoms with Crippen LogP contribution in [-0.4, -0.2) is 28.1 Å². The number of aryl methyl sites for hydroxylation is 1. The van der Waals surface area contributed by atoms with Gasteiger partial charge in [0.1, 0.15) is 11.0 Å². The molecule has 7 heteroatoms.